The molecule has 1 saturated carbocycles. The first-order valence-electron chi connectivity index (χ1n) is 6.99. The smallest absolute Gasteiger partial charge is 0.00509 e. The third kappa shape index (κ3) is 6.48. The maximum atomic E-state index is 5.69. The van der Waals surface area contributed by atoms with Crippen molar-refractivity contribution < 1.29 is 0 Å². The Morgan fingerprint density at radius 3 is 1.94 bits per heavy atom. The summed E-state index contributed by atoms with van der Waals surface area (Å²) in [6.45, 7) is 6.46. The van der Waals surface area contributed by atoms with Gasteiger partial charge in [0.05, 0.1) is 0 Å². The van der Waals surface area contributed by atoms with Crippen LogP contribution in [0.5, 0.6) is 0 Å². The van der Waals surface area contributed by atoms with Crippen LogP contribution >= 0.6 is 0 Å². The van der Waals surface area contributed by atoms with Crippen molar-refractivity contribution in [1.82, 2.24) is 0 Å². The molecular weight excluding hydrogens is 206 g/mol. The van der Waals surface area contributed by atoms with E-state index >= 15 is 0 Å². The molecule has 0 aromatic heterocycles. The third-order valence-electron chi connectivity index (χ3n) is 3.26. The van der Waals surface area contributed by atoms with Gasteiger partial charge < -0.3 is 5.73 Å². The summed E-state index contributed by atoms with van der Waals surface area (Å²) in [5, 5.41) is 0. The highest BCUT2D eigenvalue weighted by Gasteiger charge is 2.17. The second kappa shape index (κ2) is 7.50. The first-order valence-corrected chi connectivity index (χ1v) is 6.99. The van der Waals surface area contributed by atoms with Crippen LogP contribution in [0.3, 0.4) is 0 Å². The van der Waals surface area contributed by atoms with Gasteiger partial charge in [-0.3, -0.25) is 0 Å². The number of benzene rings is 1. The summed E-state index contributed by atoms with van der Waals surface area (Å²) in [4.78, 5) is 0. The fourth-order valence-corrected chi connectivity index (χ4v) is 1.81. The first-order chi connectivity index (χ1) is 8.15. The first kappa shape index (κ1) is 14.2. The lowest BCUT2D eigenvalue weighted by Gasteiger charge is -2.05. The molecule has 2 N–H and O–H groups in total. The number of hydrogen-bond donors (Lipinski definition) is 1. The van der Waals surface area contributed by atoms with Crippen molar-refractivity contribution in [2.45, 2.75) is 58.9 Å². The second-order valence-electron chi connectivity index (χ2n) is 5.20. The zero-order valence-corrected chi connectivity index (χ0v) is 11.6. The van der Waals surface area contributed by atoms with E-state index in [1.54, 1.807) is 0 Å². The van der Waals surface area contributed by atoms with Crippen molar-refractivity contribution in [3.63, 3.8) is 0 Å². The number of nitrogens with two attached hydrogens (primary N) is 1. The molecule has 0 aliphatic heterocycles. The minimum atomic E-state index is 0.262. The highest BCUT2D eigenvalue weighted by Crippen LogP contribution is 2.31. The molecule has 0 heterocycles. The van der Waals surface area contributed by atoms with E-state index in [4.69, 9.17) is 5.73 Å². The molecule has 0 radical (unpaired) electrons. The molecule has 1 aromatic carbocycles. The molecule has 1 fully saturated rings. The van der Waals surface area contributed by atoms with Crippen molar-refractivity contribution in [1.29, 1.82) is 0 Å². The van der Waals surface area contributed by atoms with Crippen LogP contribution in [-0.4, -0.2) is 6.04 Å². The van der Waals surface area contributed by atoms with Crippen molar-refractivity contribution in [2.24, 2.45) is 11.7 Å². The third-order valence-corrected chi connectivity index (χ3v) is 3.26. The van der Waals surface area contributed by atoms with Crippen LogP contribution < -0.4 is 5.73 Å². The van der Waals surface area contributed by atoms with Crippen molar-refractivity contribution >= 4 is 0 Å². The molecule has 2 rings (SSSR count). The lowest BCUT2D eigenvalue weighted by atomic mass is 10.0. The minimum Gasteiger partial charge on any atom is -0.328 e. The topological polar surface area (TPSA) is 26.0 Å². The van der Waals surface area contributed by atoms with Crippen LogP contribution in [-0.2, 0) is 12.8 Å². The molecule has 1 nitrogen and oxygen atoms in total. The van der Waals surface area contributed by atoms with E-state index in [0.717, 1.165) is 18.8 Å². The summed E-state index contributed by atoms with van der Waals surface area (Å²) < 4.78 is 0. The maximum absolute atomic E-state index is 5.69. The predicted octanol–water partition coefficient (Wildman–Crippen LogP) is 3.95. The number of hydrogen-bond acceptors (Lipinski definition) is 1. The van der Waals surface area contributed by atoms with E-state index in [1.807, 2.05) is 6.92 Å². The maximum Gasteiger partial charge on any atom is 0.00509 e. The van der Waals surface area contributed by atoms with Gasteiger partial charge in [-0.15, -0.1) is 0 Å². The lowest BCUT2D eigenvalue weighted by Crippen LogP contribution is -2.17. The van der Waals surface area contributed by atoms with E-state index in [1.165, 1.54) is 30.4 Å². The Bertz CT molecular complexity index is 296. The van der Waals surface area contributed by atoms with E-state index in [2.05, 4.69) is 38.1 Å². The van der Waals surface area contributed by atoms with Gasteiger partial charge in [0.1, 0.15) is 0 Å². The monoisotopic (exact) mass is 233 g/mol. The van der Waals surface area contributed by atoms with Crippen LogP contribution in [0.2, 0.25) is 0 Å². The Labute approximate surface area is 106 Å². The second-order valence-corrected chi connectivity index (χ2v) is 5.20. The van der Waals surface area contributed by atoms with Crippen LogP contribution in [0, 0.1) is 5.92 Å². The van der Waals surface area contributed by atoms with Crippen molar-refractivity contribution in [2.75, 3.05) is 0 Å². The standard InChI is InChI=1S/C11H17N.C5H10/c1-3-10-4-6-11(7-5-10)8-9(2)12;1-2-5-3-4-5/h4-7,9H,3,8,12H2,1-2H3;5H,2-4H2,1H3. The summed E-state index contributed by atoms with van der Waals surface area (Å²) in [5.41, 5.74) is 8.42. The SMILES string of the molecule is CCC1CC1.CCc1ccc(CC(C)N)cc1. The quantitative estimate of drug-likeness (QED) is 0.837. The van der Waals surface area contributed by atoms with Gasteiger partial charge in [0, 0.05) is 6.04 Å². The molecule has 1 aromatic rings. The molecule has 1 atom stereocenters. The van der Waals surface area contributed by atoms with Gasteiger partial charge in [-0.1, -0.05) is 57.4 Å². The molecule has 0 amide bonds. The largest absolute Gasteiger partial charge is 0.328 e. The normalized spacial score (nSPS) is 16.0. The summed E-state index contributed by atoms with van der Waals surface area (Å²) in [5.74, 6) is 1.13. The number of rotatable bonds is 4. The molecule has 1 aliphatic rings. The Kier molecular flexibility index (Phi) is 6.28. The van der Waals surface area contributed by atoms with Gasteiger partial charge in [-0.2, -0.15) is 0 Å². The summed E-state index contributed by atoms with van der Waals surface area (Å²) in [7, 11) is 0. The molecular formula is C16H27N. The van der Waals surface area contributed by atoms with Crippen LogP contribution in [0.1, 0.15) is 51.2 Å². The average molecular weight is 233 g/mol. The van der Waals surface area contributed by atoms with Crippen LogP contribution in [0.4, 0.5) is 0 Å². The summed E-state index contributed by atoms with van der Waals surface area (Å²) in [6.07, 6.45) is 6.52. The zero-order valence-electron chi connectivity index (χ0n) is 11.6. The van der Waals surface area contributed by atoms with E-state index in [0.29, 0.717) is 0 Å². The van der Waals surface area contributed by atoms with Gasteiger partial charge >= 0.3 is 0 Å². The van der Waals surface area contributed by atoms with Crippen LogP contribution in [0.15, 0.2) is 24.3 Å². The lowest BCUT2D eigenvalue weighted by molar-refractivity contribution is 0.738. The van der Waals surface area contributed by atoms with Gasteiger partial charge in [-0.25, -0.2) is 0 Å². The van der Waals surface area contributed by atoms with Gasteiger partial charge in [0.15, 0.2) is 0 Å². The molecule has 1 heteroatoms. The Balaban J connectivity index is 0.000000239. The van der Waals surface area contributed by atoms with E-state index < -0.39 is 0 Å². The Hall–Kier alpha value is -0.820. The van der Waals surface area contributed by atoms with Gasteiger partial charge in [0.25, 0.3) is 0 Å². The van der Waals surface area contributed by atoms with Crippen LogP contribution in [0.25, 0.3) is 0 Å². The Morgan fingerprint density at radius 2 is 1.65 bits per heavy atom. The molecule has 1 unspecified atom stereocenters. The van der Waals surface area contributed by atoms with E-state index in [-0.39, 0.29) is 6.04 Å². The highest BCUT2D eigenvalue weighted by atomic mass is 14.6. The zero-order chi connectivity index (χ0) is 12.7. The average Bonchev–Trinajstić information content (AvgIpc) is 3.14. The fraction of sp³-hybridized carbons (Fsp3) is 0.625. The summed E-state index contributed by atoms with van der Waals surface area (Å²) in [6, 6.07) is 8.96. The molecule has 0 spiro atoms. The minimum absolute atomic E-state index is 0.262. The number of aryl methyl sites for hydroxylation is 1. The molecule has 0 bridgehead atoms. The highest BCUT2D eigenvalue weighted by molar-refractivity contribution is 5.22. The van der Waals surface area contributed by atoms with Gasteiger partial charge in [-0.05, 0) is 36.8 Å². The molecule has 96 valence electrons. The summed E-state index contributed by atoms with van der Waals surface area (Å²) >= 11 is 0. The van der Waals surface area contributed by atoms with E-state index in [9.17, 15) is 0 Å². The molecule has 1 aliphatic carbocycles. The van der Waals surface area contributed by atoms with Gasteiger partial charge in [0.2, 0.25) is 0 Å². The Morgan fingerprint density at radius 1 is 1.12 bits per heavy atom. The van der Waals surface area contributed by atoms with Crippen molar-refractivity contribution in [3.8, 4) is 0 Å². The molecule has 0 saturated heterocycles. The fourth-order valence-electron chi connectivity index (χ4n) is 1.81. The molecule has 17 heavy (non-hydrogen) atoms. The predicted molar refractivity (Wildman–Crippen MR) is 76.2 cm³/mol. The van der Waals surface area contributed by atoms with Crippen molar-refractivity contribution in [3.05, 3.63) is 35.4 Å².